The van der Waals surface area contributed by atoms with Crippen LogP contribution >= 0.6 is 11.6 Å². The Bertz CT molecular complexity index is 537. The molecule has 0 aliphatic heterocycles. The van der Waals surface area contributed by atoms with Crippen molar-refractivity contribution in [3.8, 4) is 0 Å². The van der Waals surface area contributed by atoms with E-state index in [1.165, 1.54) is 12.1 Å². The Morgan fingerprint density at radius 3 is 2.61 bits per heavy atom. The van der Waals surface area contributed by atoms with Crippen molar-refractivity contribution in [1.29, 1.82) is 0 Å². The quantitative estimate of drug-likeness (QED) is 0.756. The molecule has 0 radical (unpaired) electrons. The van der Waals surface area contributed by atoms with Gasteiger partial charge in [-0.2, -0.15) is 8.42 Å². The van der Waals surface area contributed by atoms with Crippen molar-refractivity contribution in [2.75, 3.05) is 6.61 Å². The molecule has 1 rings (SSSR count). The van der Waals surface area contributed by atoms with Crippen LogP contribution in [-0.2, 0) is 19.1 Å². The van der Waals surface area contributed by atoms with Gasteiger partial charge in [0.15, 0.2) is 5.78 Å². The van der Waals surface area contributed by atoms with Crippen LogP contribution in [0.3, 0.4) is 0 Å². The molecule has 0 aliphatic rings. The molecule has 0 bridgehead atoms. The standard InChI is InChI=1S/C12H15ClO4S/c1-3-4-10(14)8-17-18(15,16)11-6-5-9(2)12(13)7-11/h5-7H,3-4,8H2,1-2H3. The molecule has 0 unspecified atom stereocenters. The summed E-state index contributed by atoms with van der Waals surface area (Å²) in [7, 11) is -3.92. The first-order valence-electron chi connectivity index (χ1n) is 5.54. The predicted octanol–water partition coefficient (Wildman–Crippen LogP) is 2.72. The van der Waals surface area contributed by atoms with Crippen LogP contribution in [0.15, 0.2) is 23.1 Å². The van der Waals surface area contributed by atoms with Crippen molar-refractivity contribution < 1.29 is 17.4 Å². The molecule has 18 heavy (non-hydrogen) atoms. The fourth-order valence-corrected chi connectivity index (χ4v) is 2.46. The largest absolute Gasteiger partial charge is 0.297 e. The van der Waals surface area contributed by atoms with Gasteiger partial charge in [-0.05, 0) is 31.0 Å². The van der Waals surface area contributed by atoms with Crippen LogP contribution in [0.5, 0.6) is 0 Å². The summed E-state index contributed by atoms with van der Waals surface area (Å²) >= 11 is 5.85. The monoisotopic (exact) mass is 290 g/mol. The van der Waals surface area contributed by atoms with E-state index in [2.05, 4.69) is 4.18 Å². The van der Waals surface area contributed by atoms with Gasteiger partial charge in [-0.25, -0.2) is 0 Å². The zero-order valence-corrected chi connectivity index (χ0v) is 11.8. The van der Waals surface area contributed by atoms with Crippen LogP contribution in [0, 0.1) is 6.92 Å². The van der Waals surface area contributed by atoms with Gasteiger partial charge in [-0.3, -0.25) is 8.98 Å². The van der Waals surface area contributed by atoms with Crippen molar-refractivity contribution >= 4 is 27.5 Å². The minimum absolute atomic E-state index is 0.0394. The number of hydrogen-bond acceptors (Lipinski definition) is 4. The Morgan fingerprint density at radius 1 is 1.39 bits per heavy atom. The minimum Gasteiger partial charge on any atom is -0.297 e. The molecule has 0 N–H and O–H groups in total. The number of carbonyl (C=O) groups excluding carboxylic acids is 1. The molecular formula is C12H15ClO4S. The normalized spacial score (nSPS) is 11.5. The number of hydrogen-bond donors (Lipinski definition) is 0. The maximum atomic E-state index is 11.8. The number of carbonyl (C=O) groups is 1. The van der Waals surface area contributed by atoms with Crippen LogP contribution in [-0.4, -0.2) is 20.8 Å². The van der Waals surface area contributed by atoms with Crippen molar-refractivity contribution in [2.24, 2.45) is 0 Å². The van der Waals surface area contributed by atoms with E-state index in [0.29, 0.717) is 17.9 Å². The third-order valence-electron chi connectivity index (χ3n) is 2.34. The predicted molar refractivity (Wildman–Crippen MR) is 69.2 cm³/mol. The summed E-state index contributed by atoms with van der Waals surface area (Å²) in [4.78, 5) is 11.2. The smallest absolute Gasteiger partial charge is 0.297 e. The summed E-state index contributed by atoms with van der Waals surface area (Å²) < 4.78 is 28.2. The van der Waals surface area contributed by atoms with Gasteiger partial charge >= 0.3 is 0 Å². The molecule has 0 saturated heterocycles. The third-order valence-corrected chi connectivity index (χ3v) is 4.00. The summed E-state index contributed by atoms with van der Waals surface area (Å²) in [5, 5.41) is 0.347. The molecule has 0 heterocycles. The molecule has 0 saturated carbocycles. The topological polar surface area (TPSA) is 60.4 Å². The van der Waals surface area contributed by atoms with Gasteiger partial charge in [0.2, 0.25) is 0 Å². The third kappa shape index (κ3) is 4.08. The summed E-state index contributed by atoms with van der Waals surface area (Å²) in [6.45, 7) is 3.18. The molecule has 6 heteroatoms. The first-order valence-corrected chi connectivity index (χ1v) is 7.32. The van der Waals surface area contributed by atoms with Gasteiger partial charge < -0.3 is 0 Å². The van der Waals surface area contributed by atoms with Gasteiger partial charge in [0.05, 0.1) is 4.90 Å². The van der Waals surface area contributed by atoms with E-state index < -0.39 is 16.7 Å². The van der Waals surface area contributed by atoms with E-state index in [4.69, 9.17) is 11.6 Å². The van der Waals surface area contributed by atoms with Gasteiger partial charge in [0.25, 0.3) is 10.1 Å². The lowest BCUT2D eigenvalue weighted by Crippen LogP contribution is -2.14. The number of halogens is 1. The Kier molecular flexibility index (Phi) is 5.31. The first kappa shape index (κ1) is 15.1. The maximum Gasteiger partial charge on any atom is 0.297 e. The van der Waals surface area contributed by atoms with Crippen molar-refractivity contribution in [2.45, 2.75) is 31.6 Å². The van der Waals surface area contributed by atoms with Gasteiger partial charge in [0.1, 0.15) is 6.61 Å². The number of rotatable bonds is 6. The minimum atomic E-state index is -3.92. The molecule has 0 aliphatic carbocycles. The van der Waals surface area contributed by atoms with Crippen molar-refractivity contribution in [1.82, 2.24) is 0 Å². The average Bonchev–Trinajstić information content (AvgIpc) is 2.30. The molecule has 4 nitrogen and oxygen atoms in total. The maximum absolute atomic E-state index is 11.8. The SMILES string of the molecule is CCCC(=O)COS(=O)(=O)c1ccc(C)c(Cl)c1. The van der Waals surface area contributed by atoms with Crippen LogP contribution < -0.4 is 0 Å². The molecule has 0 spiro atoms. The first-order chi connectivity index (χ1) is 8.36. The van der Waals surface area contributed by atoms with E-state index in [9.17, 15) is 13.2 Å². The summed E-state index contributed by atoms with van der Waals surface area (Å²) in [6, 6.07) is 4.31. The highest BCUT2D eigenvalue weighted by molar-refractivity contribution is 7.86. The summed E-state index contributed by atoms with van der Waals surface area (Å²) in [6.07, 6.45) is 0.975. The van der Waals surface area contributed by atoms with Crippen LogP contribution in [0.1, 0.15) is 25.3 Å². The lowest BCUT2D eigenvalue weighted by molar-refractivity contribution is -0.121. The number of benzene rings is 1. The molecule has 0 atom stereocenters. The second-order valence-electron chi connectivity index (χ2n) is 3.92. The van der Waals surface area contributed by atoms with Gasteiger partial charge in [0, 0.05) is 11.4 Å². The van der Waals surface area contributed by atoms with E-state index in [1.807, 2.05) is 6.92 Å². The summed E-state index contributed by atoms with van der Waals surface area (Å²) in [5.74, 6) is -0.237. The fourth-order valence-electron chi connectivity index (χ4n) is 1.29. The lowest BCUT2D eigenvalue weighted by atomic mass is 10.2. The van der Waals surface area contributed by atoms with E-state index in [0.717, 1.165) is 5.56 Å². The molecular weight excluding hydrogens is 276 g/mol. The Hall–Kier alpha value is -0.910. The zero-order chi connectivity index (χ0) is 13.8. The molecule has 100 valence electrons. The van der Waals surface area contributed by atoms with Crippen LogP contribution in [0.25, 0.3) is 0 Å². The summed E-state index contributed by atoms with van der Waals surface area (Å²) in [5.41, 5.74) is 0.776. The number of Topliss-reactive ketones (excluding diaryl/α,β-unsaturated/α-hetero) is 1. The van der Waals surface area contributed by atoms with Crippen LogP contribution in [0.4, 0.5) is 0 Å². The Labute approximate surface area is 112 Å². The molecule has 1 aromatic rings. The second kappa shape index (κ2) is 6.31. The highest BCUT2D eigenvalue weighted by atomic mass is 35.5. The lowest BCUT2D eigenvalue weighted by Gasteiger charge is -2.06. The van der Waals surface area contributed by atoms with Crippen molar-refractivity contribution in [3.05, 3.63) is 28.8 Å². The van der Waals surface area contributed by atoms with Gasteiger partial charge in [-0.1, -0.05) is 24.6 Å². The van der Waals surface area contributed by atoms with E-state index in [-0.39, 0.29) is 10.7 Å². The highest BCUT2D eigenvalue weighted by Gasteiger charge is 2.17. The zero-order valence-electron chi connectivity index (χ0n) is 10.3. The van der Waals surface area contributed by atoms with Gasteiger partial charge in [-0.15, -0.1) is 0 Å². The van der Waals surface area contributed by atoms with Crippen molar-refractivity contribution in [3.63, 3.8) is 0 Å². The Morgan fingerprint density at radius 2 is 2.06 bits per heavy atom. The number of ketones is 1. The Balaban J connectivity index is 2.80. The fraction of sp³-hybridized carbons (Fsp3) is 0.417. The highest BCUT2D eigenvalue weighted by Crippen LogP contribution is 2.21. The molecule has 0 fully saturated rings. The molecule has 0 amide bonds. The van der Waals surface area contributed by atoms with E-state index in [1.54, 1.807) is 13.0 Å². The second-order valence-corrected chi connectivity index (χ2v) is 5.94. The number of aryl methyl sites for hydroxylation is 1. The van der Waals surface area contributed by atoms with Crippen LogP contribution in [0.2, 0.25) is 5.02 Å². The average molecular weight is 291 g/mol. The molecule has 0 aromatic heterocycles. The molecule has 1 aromatic carbocycles. The van der Waals surface area contributed by atoms with E-state index >= 15 is 0 Å².